The van der Waals surface area contributed by atoms with Gasteiger partial charge >= 0.3 is 5.97 Å². The molecule has 0 aliphatic rings. The Morgan fingerprint density at radius 3 is 2.70 bits per heavy atom. The molecule has 2 aromatic carbocycles. The molecule has 6 nitrogen and oxygen atoms in total. The summed E-state index contributed by atoms with van der Waals surface area (Å²) in [5, 5.41) is 3.32. The second-order valence-corrected chi connectivity index (χ2v) is 6.91. The van der Waals surface area contributed by atoms with E-state index in [9.17, 15) is 4.79 Å². The number of hydrogen-bond acceptors (Lipinski definition) is 5. The van der Waals surface area contributed by atoms with Crippen LogP contribution in [0.2, 0.25) is 0 Å². The highest BCUT2D eigenvalue weighted by Gasteiger charge is 2.20. The predicted molar refractivity (Wildman–Crippen MR) is 114 cm³/mol. The molecule has 1 unspecified atom stereocenters. The van der Waals surface area contributed by atoms with Crippen LogP contribution in [-0.2, 0) is 22.5 Å². The lowest BCUT2D eigenvalue weighted by Crippen LogP contribution is -2.39. The van der Waals surface area contributed by atoms with Crippen LogP contribution >= 0.6 is 0 Å². The van der Waals surface area contributed by atoms with Gasteiger partial charge in [-0.2, -0.15) is 0 Å². The van der Waals surface area contributed by atoms with Gasteiger partial charge in [0.1, 0.15) is 23.2 Å². The number of esters is 1. The number of rotatable bonds is 8. The summed E-state index contributed by atoms with van der Waals surface area (Å²) in [4.78, 5) is 16.8. The highest BCUT2D eigenvalue weighted by Crippen LogP contribution is 2.22. The first-order valence-electron chi connectivity index (χ1n) is 9.76. The molecule has 30 heavy (non-hydrogen) atoms. The van der Waals surface area contributed by atoms with E-state index in [4.69, 9.17) is 9.47 Å². The number of pyridine rings is 1. The van der Waals surface area contributed by atoms with Gasteiger partial charge in [0.15, 0.2) is 0 Å². The van der Waals surface area contributed by atoms with Gasteiger partial charge < -0.3 is 13.9 Å². The Hall–Kier alpha value is -3.64. The van der Waals surface area contributed by atoms with Crippen LogP contribution in [0.3, 0.4) is 0 Å². The van der Waals surface area contributed by atoms with E-state index >= 15 is 0 Å². The monoisotopic (exact) mass is 401 g/mol. The molecule has 4 aromatic rings. The lowest BCUT2D eigenvalue weighted by atomic mass is 10.1. The zero-order valence-electron chi connectivity index (χ0n) is 16.7. The molecule has 6 heteroatoms. The topological polar surface area (TPSA) is 64.9 Å². The molecule has 2 aromatic heterocycles. The molecular formula is C24H23N3O3. The molecule has 2 heterocycles. The molecule has 0 saturated heterocycles. The van der Waals surface area contributed by atoms with Crippen molar-refractivity contribution >= 4 is 11.6 Å². The Morgan fingerprint density at radius 2 is 1.87 bits per heavy atom. The Bertz CT molecular complexity index is 1120. The average molecular weight is 401 g/mol. The maximum Gasteiger partial charge on any atom is 0.323 e. The van der Waals surface area contributed by atoms with Gasteiger partial charge in [0.25, 0.3) is 0 Å². The minimum absolute atomic E-state index is 0.306. The first kappa shape index (κ1) is 19.7. The molecule has 1 atom stereocenters. The van der Waals surface area contributed by atoms with Gasteiger partial charge in [0.2, 0.25) is 0 Å². The Morgan fingerprint density at radius 1 is 1.03 bits per heavy atom. The molecule has 0 spiro atoms. The smallest absolute Gasteiger partial charge is 0.323 e. The SMILES string of the molecule is COC(=O)C(Cc1cccc(Oc2ccccc2)c1)NCc1cccn2ccnc12. The number of nitrogens with zero attached hydrogens (tertiary/aromatic N) is 2. The summed E-state index contributed by atoms with van der Waals surface area (Å²) in [7, 11) is 1.40. The lowest BCUT2D eigenvalue weighted by Gasteiger charge is -2.17. The number of hydrogen-bond donors (Lipinski definition) is 1. The number of methoxy groups -OCH3 is 1. The average Bonchev–Trinajstić information content (AvgIpc) is 3.26. The number of aromatic nitrogens is 2. The van der Waals surface area contributed by atoms with Crippen LogP contribution in [0.5, 0.6) is 11.5 Å². The number of ether oxygens (including phenoxy) is 2. The zero-order chi connectivity index (χ0) is 20.8. The van der Waals surface area contributed by atoms with E-state index < -0.39 is 6.04 Å². The second-order valence-electron chi connectivity index (χ2n) is 6.91. The molecule has 152 valence electrons. The molecule has 1 N–H and O–H groups in total. The normalized spacial score (nSPS) is 11.9. The van der Waals surface area contributed by atoms with Crippen LogP contribution in [0.15, 0.2) is 85.3 Å². The van der Waals surface area contributed by atoms with E-state index in [0.29, 0.717) is 13.0 Å². The standard InChI is InChI=1S/C24H23N3O3/c1-29-24(28)22(26-17-19-8-6-13-27-14-12-25-23(19)27)16-18-7-5-11-21(15-18)30-20-9-3-2-4-10-20/h2-15,22,26H,16-17H2,1H3. The van der Waals surface area contributed by atoms with Crippen molar-refractivity contribution in [1.29, 1.82) is 0 Å². The number of carbonyl (C=O) groups excluding carboxylic acids is 1. The van der Waals surface area contributed by atoms with Crippen LogP contribution < -0.4 is 10.1 Å². The maximum absolute atomic E-state index is 12.4. The lowest BCUT2D eigenvalue weighted by molar-refractivity contribution is -0.143. The largest absolute Gasteiger partial charge is 0.468 e. The minimum Gasteiger partial charge on any atom is -0.468 e. The Balaban J connectivity index is 1.47. The summed E-state index contributed by atoms with van der Waals surface area (Å²) in [5.41, 5.74) is 2.86. The number of fused-ring (bicyclic) bond motifs is 1. The third kappa shape index (κ3) is 4.67. The first-order chi connectivity index (χ1) is 14.7. The van der Waals surface area contributed by atoms with Gasteiger partial charge in [-0.1, -0.05) is 36.4 Å². The summed E-state index contributed by atoms with van der Waals surface area (Å²) in [6.45, 7) is 0.501. The second kappa shape index (κ2) is 9.24. The van der Waals surface area contributed by atoms with Gasteiger partial charge in [-0.15, -0.1) is 0 Å². The van der Waals surface area contributed by atoms with E-state index in [1.165, 1.54) is 7.11 Å². The minimum atomic E-state index is -0.489. The third-order valence-corrected chi connectivity index (χ3v) is 4.84. The number of para-hydroxylation sites is 1. The summed E-state index contributed by atoms with van der Waals surface area (Å²) >= 11 is 0. The van der Waals surface area contributed by atoms with Crippen molar-refractivity contribution in [2.75, 3.05) is 7.11 Å². The fourth-order valence-corrected chi connectivity index (χ4v) is 3.36. The summed E-state index contributed by atoms with van der Waals surface area (Å²) in [5.74, 6) is 1.19. The van der Waals surface area contributed by atoms with Gasteiger partial charge in [-0.3, -0.25) is 10.1 Å². The maximum atomic E-state index is 12.4. The van der Waals surface area contributed by atoms with Crippen molar-refractivity contribution in [3.63, 3.8) is 0 Å². The molecule has 0 saturated carbocycles. The van der Waals surface area contributed by atoms with Crippen molar-refractivity contribution in [3.05, 3.63) is 96.4 Å². The van der Waals surface area contributed by atoms with Crippen LogP contribution in [0, 0.1) is 0 Å². The zero-order valence-corrected chi connectivity index (χ0v) is 16.7. The van der Waals surface area contributed by atoms with E-state index in [0.717, 1.165) is 28.3 Å². The molecular weight excluding hydrogens is 378 g/mol. The van der Waals surface area contributed by atoms with Crippen molar-refractivity contribution in [2.45, 2.75) is 19.0 Å². The third-order valence-electron chi connectivity index (χ3n) is 4.84. The number of imidazole rings is 1. The summed E-state index contributed by atoms with van der Waals surface area (Å²) < 4.78 is 12.9. The van der Waals surface area contributed by atoms with Crippen LogP contribution in [0.4, 0.5) is 0 Å². The summed E-state index contributed by atoms with van der Waals surface area (Å²) in [6.07, 6.45) is 6.09. The molecule has 4 rings (SSSR count). The molecule has 0 fully saturated rings. The van der Waals surface area contributed by atoms with Crippen LogP contribution in [0.25, 0.3) is 5.65 Å². The van der Waals surface area contributed by atoms with Crippen molar-refractivity contribution in [1.82, 2.24) is 14.7 Å². The van der Waals surface area contributed by atoms with Crippen LogP contribution in [-0.4, -0.2) is 28.5 Å². The summed E-state index contributed by atoms with van der Waals surface area (Å²) in [6, 6.07) is 20.8. The van der Waals surface area contributed by atoms with E-state index in [-0.39, 0.29) is 5.97 Å². The van der Waals surface area contributed by atoms with Gasteiger partial charge in [-0.05, 0) is 42.3 Å². The number of nitrogens with one attached hydrogen (secondary N) is 1. The van der Waals surface area contributed by atoms with E-state index in [1.807, 2.05) is 83.5 Å². The van der Waals surface area contributed by atoms with E-state index in [1.54, 1.807) is 6.20 Å². The van der Waals surface area contributed by atoms with Gasteiger partial charge in [0.05, 0.1) is 7.11 Å². The molecule has 0 amide bonds. The highest BCUT2D eigenvalue weighted by molar-refractivity contribution is 5.76. The Labute approximate surface area is 175 Å². The Kier molecular flexibility index (Phi) is 6.06. The highest BCUT2D eigenvalue weighted by atomic mass is 16.5. The van der Waals surface area contributed by atoms with Gasteiger partial charge in [0, 0.05) is 30.7 Å². The fraction of sp³-hybridized carbons (Fsp3) is 0.167. The fourth-order valence-electron chi connectivity index (χ4n) is 3.36. The predicted octanol–water partition coefficient (Wildman–Crippen LogP) is 4.00. The quantitative estimate of drug-likeness (QED) is 0.452. The van der Waals surface area contributed by atoms with E-state index in [2.05, 4.69) is 10.3 Å². The van der Waals surface area contributed by atoms with Crippen molar-refractivity contribution in [2.24, 2.45) is 0 Å². The number of benzene rings is 2. The first-order valence-corrected chi connectivity index (χ1v) is 9.76. The molecule has 0 aliphatic carbocycles. The number of carbonyl (C=O) groups is 1. The van der Waals surface area contributed by atoms with Gasteiger partial charge in [-0.25, -0.2) is 4.98 Å². The molecule has 0 aliphatic heterocycles. The molecule has 0 bridgehead atoms. The van der Waals surface area contributed by atoms with Crippen LogP contribution in [0.1, 0.15) is 11.1 Å². The van der Waals surface area contributed by atoms with Crippen molar-refractivity contribution in [3.8, 4) is 11.5 Å². The van der Waals surface area contributed by atoms with Crippen molar-refractivity contribution < 1.29 is 14.3 Å². The molecule has 0 radical (unpaired) electrons.